The molecule has 0 radical (unpaired) electrons. The molecule has 0 aliphatic rings. The Kier molecular flexibility index (Phi) is 9.69. The van der Waals surface area contributed by atoms with E-state index < -0.39 is 0 Å². The zero-order valence-electron chi connectivity index (χ0n) is 21.5. The van der Waals surface area contributed by atoms with Gasteiger partial charge in [0.1, 0.15) is 23.6 Å². The molecule has 3 aromatic rings. The summed E-state index contributed by atoms with van der Waals surface area (Å²) in [5.74, 6) is 1.13. The largest absolute Gasteiger partial charge is 0.486 e. The van der Waals surface area contributed by atoms with Crippen LogP contribution < -0.4 is 9.47 Å². The van der Waals surface area contributed by atoms with E-state index in [1.54, 1.807) is 30.4 Å². The molecule has 0 N–H and O–H groups in total. The average molecular weight is 601 g/mol. The van der Waals surface area contributed by atoms with Crippen LogP contribution in [0.25, 0.3) is 16.6 Å². The first-order valence-corrected chi connectivity index (χ1v) is 12.9. The molecule has 2 heterocycles. The van der Waals surface area contributed by atoms with Crippen LogP contribution in [0, 0.1) is 10.5 Å². The maximum absolute atomic E-state index is 12.4. The molecule has 3 rings (SSSR count). The number of amides is 1. The summed E-state index contributed by atoms with van der Waals surface area (Å²) in [5, 5.41) is 0.991. The van der Waals surface area contributed by atoms with Crippen LogP contribution in [0.2, 0.25) is 0 Å². The minimum Gasteiger partial charge on any atom is -0.486 e. The molecule has 0 spiro atoms. The number of carbonyl (C=O) groups excluding carboxylic acids is 1. The van der Waals surface area contributed by atoms with Crippen molar-refractivity contribution >= 4 is 45.1 Å². The Balaban J connectivity index is 1.91. The molecule has 190 valence electrons. The second-order valence-electron chi connectivity index (χ2n) is 8.64. The number of hydrogen-bond donors (Lipinski definition) is 0. The number of benzene rings is 1. The first-order valence-electron chi connectivity index (χ1n) is 11.8. The zero-order valence-corrected chi connectivity index (χ0v) is 23.7. The minimum absolute atomic E-state index is 0.0490. The summed E-state index contributed by atoms with van der Waals surface area (Å²) in [7, 11) is 5.80. The van der Waals surface area contributed by atoms with E-state index in [9.17, 15) is 4.79 Å². The van der Waals surface area contributed by atoms with Crippen LogP contribution in [0.4, 0.5) is 0 Å². The first kappa shape index (κ1) is 27.4. The van der Waals surface area contributed by atoms with E-state index in [0.717, 1.165) is 43.4 Å². The van der Waals surface area contributed by atoms with Crippen molar-refractivity contribution in [2.75, 3.05) is 34.3 Å². The SMILES string of the molecule is C=C/C=C(/c1cc(C)nc2c(OCc3c(I)cncc3OCC(=O)N(C)CCC)cccc12)N(C)C. The van der Waals surface area contributed by atoms with Crippen LogP contribution in [0.15, 0.2) is 55.4 Å². The van der Waals surface area contributed by atoms with Crippen LogP contribution in [-0.2, 0) is 11.4 Å². The number of allylic oxidation sites excluding steroid dienone is 2. The zero-order chi connectivity index (χ0) is 26.2. The molecule has 0 atom stereocenters. The van der Waals surface area contributed by atoms with Crippen molar-refractivity contribution in [1.82, 2.24) is 19.8 Å². The molecule has 1 aromatic carbocycles. The molecular formula is C28H33IN4O3. The molecule has 2 aromatic heterocycles. The van der Waals surface area contributed by atoms with Gasteiger partial charge < -0.3 is 19.3 Å². The van der Waals surface area contributed by atoms with Crippen LogP contribution >= 0.6 is 22.6 Å². The number of fused-ring (bicyclic) bond motifs is 1. The Morgan fingerprint density at radius 1 is 1.17 bits per heavy atom. The van der Waals surface area contributed by atoms with E-state index >= 15 is 0 Å². The number of pyridine rings is 2. The van der Waals surface area contributed by atoms with E-state index in [1.165, 1.54) is 0 Å². The van der Waals surface area contributed by atoms with Gasteiger partial charge in [-0.15, -0.1) is 0 Å². The quantitative estimate of drug-likeness (QED) is 0.215. The Labute approximate surface area is 227 Å². The van der Waals surface area contributed by atoms with Crippen molar-refractivity contribution in [1.29, 1.82) is 0 Å². The van der Waals surface area contributed by atoms with E-state index in [0.29, 0.717) is 18.0 Å². The Morgan fingerprint density at radius 3 is 2.64 bits per heavy atom. The second-order valence-corrected chi connectivity index (χ2v) is 9.80. The third-order valence-corrected chi connectivity index (χ3v) is 6.57. The van der Waals surface area contributed by atoms with Crippen molar-refractivity contribution in [3.8, 4) is 11.5 Å². The molecule has 8 heteroatoms. The van der Waals surface area contributed by atoms with Gasteiger partial charge in [-0.2, -0.15) is 0 Å². The predicted molar refractivity (Wildman–Crippen MR) is 153 cm³/mol. The number of nitrogens with zero attached hydrogens (tertiary/aromatic N) is 4. The number of para-hydroxylation sites is 1. The third-order valence-electron chi connectivity index (χ3n) is 5.64. The van der Waals surface area contributed by atoms with Crippen LogP contribution in [-0.4, -0.2) is 60.0 Å². The standard InChI is InChI=1S/C28H33IN4O3/c1-7-10-24(32(4)5)21-14-19(3)31-28-20(21)11-9-12-25(28)35-17-22-23(29)15-30-16-26(22)36-18-27(34)33(6)13-8-2/h7,9-12,14-16H,1,8,13,17-18H2,2-6H3/b24-10-. The monoisotopic (exact) mass is 600 g/mol. The summed E-state index contributed by atoms with van der Waals surface area (Å²) >= 11 is 2.21. The highest BCUT2D eigenvalue weighted by molar-refractivity contribution is 14.1. The number of hydrogen-bond acceptors (Lipinski definition) is 6. The normalized spacial score (nSPS) is 11.3. The number of rotatable bonds is 11. The fraction of sp³-hybridized carbons (Fsp3) is 0.321. The van der Waals surface area contributed by atoms with Gasteiger partial charge in [0, 0.05) is 65.4 Å². The number of ether oxygens (including phenoxy) is 2. The summed E-state index contributed by atoms with van der Waals surface area (Å²) in [6, 6.07) is 8.01. The van der Waals surface area contributed by atoms with Crippen molar-refractivity contribution < 1.29 is 14.3 Å². The fourth-order valence-corrected chi connectivity index (χ4v) is 4.42. The first-order chi connectivity index (χ1) is 17.3. The predicted octanol–water partition coefficient (Wildman–Crippen LogP) is 5.46. The highest BCUT2D eigenvalue weighted by Gasteiger charge is 2.16. The molecule has 0 saturated heterocycles. The van der Waals surface area contributed by atoms with Gasteiger partial charge in [-0.1, -0.05) is 31.7 Å². The van der Waals surface area contributed by atoms with Gasteiger partial charge in [-0.25, -0.2) is 4.98 Å². The summed E-state index contributed by atoms with van der Waals surface area (Å²) in [5.41, 5.74) is 4.61. The van der Waals surface area contributed by atoms with Crippen LogP contribution in [0.5, 0.6) is 11.5 Å². The maximum atomic E-state index is 12.4. The van der Waals surface area contributed by atoms with Crippen LogP contribution in [0.3, 0.4) is 0 Å². The third kappa shape index (κ3) is 6.54. The van der Waals surface area contributed by atoms with Gasteiger partial charge in [0.15, 0.2) is 6.61 Å². The molecule has 0 fully saturated rings. The second kappa shape index (κ2) is 12.7. The lowest BCUT2D eigenvalue weighted by molar-refractivity contribution is -0.132. The number of carbonyl (C=O) groups is 1. The number of aryl methyl sites for hydroxylation is 1. The van der Waals surface area contributed by atoms with Crippen molar-refractivity contribution in [2.24, 2.45) is 0 Å². The molecule has 0 unspecified atom stereocenters. The van der Waals surface area contributed by atoms with Gasteiger partial charge in [-0.3, -0.25) is 9.78 Å². The van der Waals surface area contributed by atoms with Gasteiger partial charge in [-0.05, 0) is 54.1 Å². The lowest BCUT2D eigenvalue weighted by Crippen LogP contribution is -2.32. The van der Waals surface area contributed by atoms with E-state index in [1.807, 2.05) is 52.2 Å². The number of aromatic nitrogens is 2. The topological polar surface area (TPSA) is 67.8 Å². The molecule has 1 amide bonds. The van der Waals surface area contributed by atoms with Gasteiger partial charge in [0.25, 0.3) is 5.91 Å². The number of halogens is 1. The summed E-state index contributed by atoms with van der Waals surface area (Å²) < 4.78 is 13.1. The maximum Gasteiger partial charge on any atom is 0.260 e. The average Bonchev–Trinajstić information content (AvgIpc) is 2.84. The molecule has 0 saturated carbocycles. The lowest BCUT2D eigenvalue weighted by atomic mass is 10.0. The molecular weight excluding hydrogens is 567 g/mol. The van der Waals surface area contributed by atoms with Gasteiger partial charge in [0.05, 0.1) is 6.20 Å². The van der Waals surface area contributed by atoms with Crippen molar-refractivity contribution in [2.45, 2.75) is 26.9 Å². The molecule has 0 aliphatic heterocycles. The summed E-state index contributed by atoms with van der Waals surface area (Å²) in [6.07, 6.45) is 8.05. The molecule has 0 aliphatic carbocycles. The lowest BCUT2D eigenvalue weighted by Gasteiger charge is -2.20. The molecule has 0 bridgehead atoms. The van der Waals surface area contributed by atoms with Crippen molar-refractivity contribution in [3.63, 3.8) is 0 Å². The summed E-state index contributed by atoms with van der Waals surface area (Å²) in [4.78, 5) is 25.1. The minimum atomic E-state index is -0.0758. The Bertz CT molecular complexity index is 1270. The highest BCUT2D eigenvalue weighted by atomic mass is 127. The van der Waals surface area contributed by atoms with E-state index in [2.05, 4.69) is 45.1 Å². The van der Waals surface area contributed by atoms with Crippen LogP contribution in [0.1, 0.15) is 30.2 Å². The van der Waals surface area contributed by atoms with Gasteiger partial charge >= 0.3 is 0 Å². The fourth-order valence-electron chi connectivity index (χ4n) is 3.84. The number of likely N-dealkylation sites (N-methyl/N-ethyl adjacent to an activating group) is 1. The molecule has 7 nitrogen and oxygen atoms in total. The summed E-state index contributed by atoms with van der Waals surface area (Å²) in [6.45, 7) is 8.77. The smallest absolute Gasteiger partial charge is 0.260 e. The Hall–Kier alpha value is -3.14. The highest BCUT2D eigenvalue weighted by Crippen LogP contribution is 2.33. The van der Waals surface area contributed by atoms with E-state index in [-0.39, 0.29) is 19.1 Å². The molecule has 36 heavy (non-hydrogen) atoms. The van der Waals surface area contributed by atoms with E-state index in [4.69, 9.17) is 14.5 Å². The van der Waals surface area contributed by atoms with Gasteiger partial charge in [0.2, 0.25) is 0 Å². The Morgan fingerprint density at radius 2 is 1.94 bits per heavy atom. The van der Waals surface area contributed by atoms with Crippen molar-refractivity contribution in [3.05, 3.63) is 75.8 Å².